The summed E-state index contributed by atoms with van der Waals surface area (Å²) in [6.45, 7) is 4.06. The fourth-order valence-corrected chi connectivity index (χ4v) is 3.02. The number of ether oxygens (including phenoxy) is 1. The maximum Gasteiger partial charge on any atom is 0.679 e. The number of epoxide rings is 1. The van der Waals surface area contributed by atoms with Gasteiger partial charge in [0.2, 0.25) is 0 Å². The Bertz CT molecular complexity index is 189. The minimum absolute atomic E-state index is 0.0217. The SMILES string of the molecule is CCC(O[Si](OC)(OC)OC)C1OC1C. The molecule has 3 atom stereocenters. The molecule has 0 radical (unpaired) electrons. The van der Waals surface area contributed by atoms with Crippen molar-refractivity contribution in [3.63, 3.8) is 0 Å². The van der Waals surface area contributed by atoms with E-state index in [1.807, 2.05) is 13.8 Å². The lowest BCUT2D eigenvalue weighted by molar-refractivity contribution is -0.0303. The topological polar surface area (TPSA) is 49.5 Å². The Balaban J connectivity index is 2.55. The van der Waals surface area contributed by atoms with E-state index in [0.29, 0.717) is 0 Å². The zero-order valence-corrected chi connectivity index (χ0v) is 11.0. The highest BCUT2D eigenvalue weighted by atomic mass is 28.4. The van der Waals surface area contributed by atoms with E-state index in [4.69, 9.17) is 22.4 Å². The summed E-state index contributed by atoms with van der Waals surface area (Å²) in [5, 5.41) is 0. The Kier molecular flexibility index (Phi) is 4.69. The van der Waals surface area contributed by atoms with E-state index < -0.39 is 9.05 Å². The highest BCUT2D eigenvalue weighted by molar-refractivity contribution is 6.53. The van der Waals surface area contributed by atoms with Crippen LogP contribution in [0.5, 0.6) is 0 Å². The standard InChI is InChI=1S/C9H20O5Si/c1-6-8(9-7(2)13-9)14-15(10-3,11-4)12-5/h7-9H,6H2,1-5H3. The molecule has 1 rings (SSSR count). The largest absolute Gasteiger partial charge is 0.679 e. The summed E-state index contributed by atoms with van der Waals surface area (Å²) in [6.07, 6.45) is 1.22. The summed E-state index contributed by atoms with van der Waals surface area (Å²) in [6, 6.07) is 0. The predicted octanol–water partition coefficient (Wildman–Crippen LogP) is 0.944. The van der Waals surface area contributed by atoms with Gasteiger partial charge in [0.15, 0.2) is 0 Å². The van der Waals surface area contributed by atoms with Crippen molar-refractivity contribution in [3.05, 3.63) is 0 Å². The summed E-state index contributed by atoms with van der Waals surface area (Å²) in [4.78, 5) is 0. The third-order valence-electron chi connectivity index (χ3n) is 2.57. The van der Waals surface area contributed by atoms with Crippen molar-refractivity contribution in [2.45, 2.75) is 38.6 Å². The van der Waals surface area contributed by atoms with Gasteiger partial charge in [0.25, 0.3) is 0 Å². The lowest BCUT2D eigenvalue weighted by Crippen LogP contribution is -2.50. The molecule has 3 unspecified atom stereocenters. The first-order valence-electron chi connectivity index (χ1n) is 5.11. The predicted molar refractivity (Wildman–Crippen MR) is 56.3 cm³/mol. The third kappa shape index (κ3) is 2.99. The van der Waals surface area contributed by atoms with Crippen LogP contribution in [0.2, 0.25) is 0 Å². The van der Waals surface area contributed by atoms with E-state index >= 15 is 0 Å². The van der Waals surface area contributed by atoms with Gasteiger partial charge in [0.1, 0.15) is 6.10 Å². The van der Waals surface area contributed by atoms with Gasteiger partial charge in [-0.3, -0.25) is 0 Å². The van der Waals surface area contributed by atoms with Crippen LogP contribution in [-0.4, -0.2) is 48.7 Å². The molecule has 6 heteroatoms. The third-order valence-corrected chi connectivity index (χ3v) is 4.66. The van der Waals surface area contributed by atoms with Gasteiger partial charge in [-0.05, 0) is 13.3 Å². The first-order valence-corrected chi connectivity index (χ1v) is 6.74. The highest BCUT2D eigenvalue weighted by Gasteiger charge is 2.50. The molecule has 0 N–H and O–H groups in total. The molecule has 0 spiro atoms. The first kappa shape index (κ1) is 13.1. The van der Waals surface area contributed by atoms with Crippen LogP contribution in [-0.2, 0) is 22.4 Å². The summed E-state index contributed by atoms with van der Waals surface area (Å²) in [5.74, 6) is 0. The smallest absolute Gasteiger partial charge is 0.367 e. The average Bonchev–Trinajstić information content (AvgIpc) is 2.99. The Morgan fingerprint density at radius 2 is 1.67 bits per heavy atom. The van der Waals surface area contributed by atoms with Gasteiger partial charge < -0.3 is 22.4 Å². The van der Waals surface area contributed by atoms with Gasteiger partial charge in [-0.1, -0.05) is 6.92 Å². The van der Waals surface area contributed by atoms with Crippen LogP contribution in [0, 0.1) is 0 Å². The molecule has 0 aromatic carbocycles. The molecule has 0 saturated carbocycles. The molecule has 0 bridgehead atoms. The summed E-state index contributed by atoms with van der Waals surface area (Å²) < 4.78 is 26.8. The van der Waals surface area contributed by atoms with Crippen LogP contribution in [0.3, 0.4) is 0 Å². The zero-order chi connectivity index (χ0) is 11.5. The van der Waals surface area contributed by atoms with Crippen LogP contribution >= 0.6 is 0 Å². The molecule has 1 fully saturated rings. The summed E-state index contributed by atoms with van der Waals surface area (Å²) in [7, 11) is 1.66. The molecular formula is C9H20O5Si. The van der Waals surface area contributed by atoms with Gasteiger partial charge in [0.05, 0.1) is 12.2 Å². The van der Waals surface area contributed by atoms with Gasteiger partial charge in [-0.25, -0.2) is 0 Å². The van der Waals surface area contributed by atoms with Crippen LogP contribution in [0.1, 0.15) is 20.3 Å². The fourth-order valence-electron chi connectivity index (χ4n) is 1.55. The minimum Gasteiger partial charge on any atom is -0.367 e. The Hall–Kier alpha value is 0.0169. The van der Waals surface area contributed by atoms with Crippen molar-refractivity contribution in [1.29, 1.82) is 0 Å². The molecular weight excluding hydrogens is 216 g/mol. The molecule has 0 aromatic heterocycles. The van der Waals surface area contributed by atoms with E-state index in [1.165, 1.54) is 21.3 Å². The Labute approximate surface area is 92.1 Å². The molecule has 1 heterocycles. The second kappa shape index (κ2) is 5.38. The van der Waals surface area contributed by atoms with Crippen molar-refractivity contribution in [2.75, 3.05) is 21.3 Å². The second-order valence-electron chi connectivity index (χ2n) is 3.48. The van der Waals surface area contributed by atoms with E-state index in [9.17, 15) is 0 Å². The maximum absolute atomic E-state index is 5.78. The molecule has 0 aliphatic carbocycles. The molecule has 1 aliphatic heterocycles. The minimum atomic E-state index is -2.93. The highest BCUT2D eigenvalue weighted by Crippen LogP contribution is 2.30. The normalized spacial score (nSPS) is 27.8. The molecule has 1 aliphatic rings. The van der Waals surface area contributed by atoms with E-state index in [0.717, 1.165) is 6.42 Å². The summed E-state index contributed by atoms with van der Waals surface area (Å²) in [5.41, 5.74) is 0. The molecule has 15 heavy (non-hydrogen) atoms. The lowest BCUT2D eigenvalue weighted by Gasteiger charge is -2.27. The molecule has 90 valence electrons. The van der Waals surface area contributed by atoms with Crippen molar-refractivity contribution < 1.29 is 22.4 Å². The number of hydrogen-bond donors (Lipinski definition) is 0. The second-order valence-corrected chi connectivity index (χ2v) is 5.94. The van der Waals surface area contributed by atoms with Crippen LogP contribution in [0.25, 0.3) is 0 Å². The molecule has 5 nitrogen and oxygen atoms in total. The number of hydrogen-bond acceptors (Lipinski definition) is 5. The van der Waals surface area contributed by atoms with Gasteiger partial charge in [-0.15, -0.1) is 0 Å². The zero-order valence-electron chi connectivity index (χ0n) is 9.98. The van der Waals surface area contributed by atoms with Crippen molar-refractivity contribution >= 4 is 9.05 Å². The van der Waals surface area contributed by atoms with E-state index in [2.05, 4.69) is 0 Å². The Morgan fingerprint density at radius 1 is 1.20 bits per heavy atom. The molecule has 1 saturated heterocycles. The molecule has 0 aromatic rings. The van der Waals surface area contributed by atoms with Gasteiger partial charge >= 0.3 is 9.05 Å². The van der Waals surface area contributed by atoms with Gasteiger partial charge in [0, 0.05) is 21.3 Å². The monoisotopic (exact) mass is 236 g/mol. The van der Waals surface area contributed by atoms with Crippen LogP contribution in [0.4, 0.5) is 0 Å². The number of rotatable bonds is 7. The van der Waals surface area contributed by atoms with Crippen molar-refractivity contribution in [3.8, 4) is 0 Å². The maximum atomic E-state index is 5.78. The summed E-state index contributed by atoms with van der Waals surface area (Å²) >= 11 is 0. The van der Waals surface area contributed by atoms with E-state index in [-0.39, 0.29) is 18.3 Å². The van der Waals surface area contributed by atoms with Crippen molar-refractivity contribution in [1.82, 2.24) is 0 Å². The first-order chi connectivity index (χ1) is 7.12. The molecule has 0 amide bonds. The lowest BCUT2D eigenvalue weighted by atomic mass is 10.2. The van der Waals surface area contributed by atoms with Crippen molar-refractivity contribution in [2.24, 2.45) is 0 Å². The average molecular weight is 236 g/mol. The van der Waals surface area contributed by atoms with Crippen LogP contribution in [0.15, 0.2) is 0 Å². The van der Waals surface area contributed by atoms with E-state index in [1.54, 1.807) is 0 Å². The van der Waals surface area contributed by atoms with Gasteiger partial charge in [-0.2, -0.15) is 0 Å². The Morgan fingerprint density at radius 3 is 1.93 bits per heavy atom. The fraction of sp³-hybridized carbons (Fsp3) is 1.00. The van der Waals surface area contributed by atoms with Crippen LogP contribution < -0.4 is 0 Å². The quantitative estimate of drug-likeness (QED) is 0.486.